The molecule has 0 N–H and O–H groups in total. The minimum Gasteiger partial charge on any atom is -0.370 e. The SMILES string of the molecule is Cc1cc(N(C)C2CCN(c3cccc(F)c3C#N)CC2)ncn1. The fourth-order valence-corrected chi connectivity index (χ4v) is 3.20. The van der Waals surface area contributed by atoms with Crippen molar-refractivity contribution in [2.45, 2.75) is 25.8 Å². The van der Waals surface area contributed by atoms with Gasteiger partial charge < -0.3 is 9.80 Å². The van der Waals surface area contributed by atoms with E-state index in [0.29, 0.717) is 11.7 Å². The molecule has 2 heterocycles. The van der Waals surface area contributed by atoms with Gasteiger partial charge in [0, 0.05) is 37.9 Å². The van der Waals surface area contributed by atoms with Gasteiger partial charge >= 0.3 is 0 Å². The van der Waals surface area contributed by atoms with Crippen LogP contribution in [-0.4, -0.2) is 36.1 Å². The summed E-state index contributed by atoms with van der Waals surface area (Å²) in [5.74, 6) is 0.468. The summed E-state index contributed by atoms with van der Waals surface area (Å²) in [4.78, 5) is 12.8. The molecule has 0 spiro atoms. The molecule has 0 atom stereocenters. The monoisotopic (exact) mass is 325 g/mol. The summed E-state index contributed by atoms with van der Waals surface area (Å²) in [6.07, 6.45) is 3.45. The second kappa shape index (κ2) is 6.83. The maximum atomic E-state index is 13.8. The van der Waals surface area contributed by atoms with Gasteiger partial charge in [-0.3, -0.25) is 0 Å². The minimum absolute atomic E-state index is 0.135. The van der Waals surface area contributed by atoms with Crippen LogP contribution >= 0.6 is 0 Å². The van der Waals surface area contributed by atoms with Gasteiger partial charge in [-0.2, -0.15) is 5.26 Å². The Bertz CT molecular complexity index is 762. The van der Waals surface area contributed by atoms with E-state index in [-0.39, 0.29) is 5.56 Å². The number of nitriles is 1. The highest BCUT2D eigenvalue weighted by Gasteiger charge is 2.25. The summed E-state index contributed by atoms with van der Waals surface area (Å²) in [7, 11) is 2.05. The van der Waals surface area contributed by atoms with Crippen molar-refractivity contribution in [2.24, 2.45) is 0 Å². The predicted molar refractivity (Wildman–Crippen MR) is 91.5 cm³/mol. The average molecular weight is 325 g/mol. The molecule has 24 heavy (non-hydrogen) atoms. The van der Waals surface area contributed by atoms with Crippen molar-refractivity contribution in [1.82, 2.24) is 9.97 Å². The Labute approximate surface area is 141 Å². The van der Waals surface area contributed by atoms with Crippen LogP contribution in [0, 0.1) is 24.1 Å². The fraction of sp³-hybridized carbons (Fsp3) is 0.389. The maximum Gasteiger partial charge on any atom is 0.143 e. The molecule has 0 saturated carbocycles. The molecule has 6 heteroatoms. The number of rotatable bonds is 3. The van der Waals surface area contributed by atoms with E-state index in [4.69, 9.17) is 0 Å². The molecule has 1 aliphatic rings. The Morgan fingerprint density at radius 3 is 2.71 bits per heavy atom. The summed E-state index contributed by atoms with van der Waals surface area (Å²) in [6.45, 7) is 3.53. The van der Waals surface area contributed by atoms with Crippen LogP contribution < -0.4 is 9.80 Å². The predicted octanol–water partition coefficient (Wildman–Crippen LogP) is 2.90. The summed E-state index contributed by atoms with van der Waals surface area (Å²) in [5.41, 5.74) is 1.77. The second-order valence-corrected chi connectivity index (χ2v) is 6.09. The van der Waals surface area contributed by atoms with Gasteiger partial charge in [-0.25, -0.2) is 14.4 Å². The van der Waals surface area contributed by atoms with E-state index < -0.39 is 5.82 Å². The van der Waals surface area contributed by atoms with Gasteiger partial charge in [0.1, 0.15) is 29.6 Å². The van der Waals surface area contributed by atoms with E-state index in [2.05, 4.69) is 19.8 Å². The highest BCUT2D eigenvalue weighted by molar-refractivity contribution is 5.60. The standard InChI is InChI=1S/C18H20FN5/c1-13-10-18(22-12-21-13)23(2)14-6-8-24(9-7-14)17-5-3-4-16(19)15(17)11-20/h3-5,10,12,14H,6-9H2,1-2H3. The van der Waals surface area contributed by atoms with Crippen LogP contribution in [0.1, 0.15) is 24.1 Å². The number of halogens is 1. The number of piperidine rings is 1. The fourth-order valence-electron chi connectivity index (χ4n) is 3.20. The number of aromatic nitrogens is 2. The van der Waals surface area contributed by atoms with Gasteiger partial charge in [0.2, 0.25) is 0 Å². The lowest BCUT2D eigenvalue weighted by Crippen LogP contribution is -2.44. The van der Waals surface area contributed by atoms with Gasteiger partial charge in [0.25, 0.3) is 0 Å². The zero-order chi connectivity index (χ0) is 17.1. The van der Waals surface area contributed by atoms with Crippen LogP contribution in [0.5, 0.6) is 0 Å². The van der Waals surface area contributed by atoms with Crippen LogP contribution in [0.25, 0.3) is 0 Å². The summed E-state index contributed by atoms with van der Waals surface area (Å²) in [6, 6.07) is 9.14. The molecular formula is C18H20FN5. The van der Waals surface area contributed by atoms with Crippen molar-refractivity contribution >= 4 is 11.5 Å². The first kappa shape index (κ1) is 16.2. The highest BCUT2D eigenvalue weighted by atomic mass is 19.1. The van der Waals surface area contributed by atoms with Crippen LogP contribution in [0.2, 0.25) is 0 Å². The smallest absolute Gasteiger partial charge is 0.143 e. The third kappa shape index (κ3) is 3.16. The van der Waals surface area contributed by atoms with E-state index in [1.165, 1.54) is 6.07 Å². The Morgan fingerprint density at radius 1 is 1.29 bits per heavy atom. The van der Waals surface area contributed by atoms with Crippen LogP contribution in [0.3, 0.4) is 0 Å². The summed E-state index contributed by atoms with van der Waals surface area (Å²) >= 11 is 0. The van der Waals surface area contributed by atoms with Gasteiger partial charge in [-0.05, 0) is 31.9 Å². The molecule has 1 aromatic carbocycles. The number of benzene rings is 1. The Morgan fingerprint density at radius 2 is 2.04 bits per heavy atom. The molecule has 1 fully saturated rings. The second-order valence-electron chi connectivity index (χ2n) is 6.09. The molecule has 1 saturated heterocycles. The molecular weight excluding hydrogens is 305 g/mol. The minimum atomic E-state index is -0.453. The third-order valence-electron chi connectivity index (χ3n) is 4.61. The number of hydrogen-bond donors (Lipinski definition) is 0. The van der Waals surface area contributed by atoms with Gasteiger partial charge in [0.05, 0.1) is 5.69 Å². The number of nitrogens with zero attached hydrogens (tertiary/aromatic N) is 5. The van der Waals surface area contributed by atoms with Gasteiger partial charge in [-0.15, -0.1) is 0 Å². The lowest BCUT2D eigenvalue weighted by molar-refractivity contribution is 0.479. The average Bonchev–Trinajstić information content (AvgIpc) is 2.61. The van der Waals surface area contributed by atoms with Crippen molar-refractivity contribution in [3.8, 4) is 6.07 Å². The molecule has 0 radical (unpaired) electrons. The maximum absolute atomic E-state index is 13.8. The highest BCUT2D eigenvalue weighted by Crippen LogP contribution is 2.28. The number of aryl methyl sites for hydroxylation is 1. The van der Waals surface area contributed by atoms with Crippen molar-refractivity contribution < 1.29 is 4.39 Å². The van der Waals surface area contributed by atoms with Crippen LogP contribution in [0.15, 0.2) is 30.6 Å². The topological polar surface area (TPSA) is 56.0 Å². The number of hydrogen-bond acceptors (Lipinski definition) is 5. The first-order chi connectivity index (χ1) is 11.6. The quantitative estimate of drug-likeness (QED) is 0.868. The first-order valence-electron chi connectivity index (χ1n) is 8.05. The Hall–Kier alpha value is -2.68. The number of anilines is 2. The molecule has 0 amide bonds. The normalized spacial score (nSPS) is 15.2. The van der Waals surface area contributed by atoms with E-state index >= 15 is 0 Å². The van der Waals surface area contributed by atoms with Crippen molar-refractivity contribution in [3.63, 3.8) is 0 Å². The van der Waals surface area contributed by atoms with Crippen LogP contribution in [0.4, 0.5) is 15.9 Å². The molecule has 2 aromatic rings. The molecule has 1 aliphatic heterocycles. The molecule has 3 rings (SSSR count). The van der Waals surface area contributed by atoms with Crippen LogP contribution in [-0.2, 0) is 0 Å². The lowest BCUT2D eigenvalue weighted by atomic mass is 10.0. The first-order valence-corrected chi connectivity index (χ1v) is 8.05. The zero-order valence-corrected chi connectivity index (χ0v) is 13.9. The Kier molecular flexibility index (Phi) is 4.61. The van der Waals surface area contributed by atoms with E-state index in [1.54, 1.807) is 12.4 Å². The molecule has 5 nitrogen and oxygen atoms in total. The largest absolute Gasteiger partial charge is 0.370 e. The van der Waals surface area contributed by atoms with Crippen molar-refractivity contribution in [3.05, 3.63) is 47.7 Å². The lowest BCUT2D eigenvalue weighted by Gasteiger charge is -2.38. The molecule has 124 valence electrons. The molecule has 1 aromatic heterocycles. The van der Waals surface area contributed by atoms with E-state index in [9.17, 15) is 9.65 Å². The van der Waals surface area contributed by atoms with Crippen molar-refractivity contribution in [1.29, 1.82) is 5.26 Å². The summed E-state index contributed by atoms with van der Waals surface area (Å²) < 4.78 is 13.8. The molecule has 0 aliphatic carbocycles. The van der Waals surface area contributed by atoms with E-state index in [0.717, 1.165) is 37.4 Å². The molecule has 0 bridgehead atoms. The van der Waals surface area contributed by atoms with Gasteiger partial charge in [0.15, 0.2) is 0 Å². The molecule has 0 unspecified atom stereocenters. The Balaban J connectivity index is 1.70. The zero-order valence-electron chi connectivity index (χ0n) is 13.9. The summed E-state index contributed by atoms with van der Waals surface area (Å²) in [5, 5.41) is 9.21. The van der Waals surface area contributed by atoms with Gasteiger partial charge in [-0.1, -0.05) is 6.07 Å². The third-order valence-corrected chi connectivity index (χ3v) is 4.61. The van der Waals surface area contributed by atoms with E-state index in [1.807, 2.05) is 32.2 Å². The van der Waals surface area contributed by atoms with Crippen molar-refractivity contribution in [2.75, 3.05) is 29.9 Å².